The van der Waals surface area contributed by atoms with Crippen molar-refractivity contribution in [2.24, 2.45) is 0 Å². The molecule has 170 valence electrons. The van der Waals surface area contributed by atoms with E-state index >= 15 is 0 Å². The summed E-state index contributed by atoms with van der Waals surface area (Å²) < 4.78 is 17.8. The van der Waals surface area contributed by atoms with E-state index in [1.54, 1.807) is 70.6 Å². The molecule has 0 unspecified atom stereocenters. The zero-order valence-corrected chi connectivity index (χ0v) is 19.2. The first-order valence-corrected chi connectivity index (χ1v) is 9.98. The summed E-state index contributed by atoms with van der Waals surface area (Å²) in [4.78, 5) is 39.3. The summed E-state index contributed by atoms with van der Waals surface area (Å²) in [6.07, 6.45) is 3.05. The highest BCUT2D eigenvalue weighted by Gasteiger charge is 2.34. The minimum atomic E-state index is -0.935. The second-order valence-electron chi connectivity index (χ2n) is 8.99. The highest BCUT2D eigenvalue weighted by atomic mass is 16.6. The number of aromatic nitrogens is 4. The molecule has 3 aromatic heterocycles. The zero-order valence-electron chi connectivity index (χ0n) is 19.2. The van der Waals surface area contributed by atoms with Crippen molar-refractivity contribution in [3.05, 3.63) is 36.8 Å². The molecule has 2 amide bonds. The number of nitrogens with zero attached hydrogens (tertiary/aromatic N) is 5. The van der Waals surface area contributed by atoms with E-state index in [4.69, 9.17) is 14.2 Å². The molecule has 0 bridgehead atoms. The Morgan fingerprint density at radius 2 is 1.59 bits per heavy atom. The molecule has 0 atom stereocenters. The van der Waals surface area contributed by atoms with Crippen molar-refractivity contribution in [2.75, 3.05) is 12.0 Å². The third-order valence-corrected chi connectivity index (χ3v) is 3.97. The van der Waals surface area contributed by atoms with Crippen LogP contribution in [0, 0.1) is 0 Å². The average molecular weight is 441 g/mol. The third kappa shape index (κ3) is 5.32. The van der Waals surface area contributed by atoms with Crippen LogP contribution in [0.1, 0.15) is 41.5 Å². The molecule has 0 radical (unpaired) electrons. The molecular formula is C22H27N5O5. The van der Waals surface area contributed by atoms with Gasteiger partial charge in [0.25, 0.3) is 0 Å². The van der Waals surface area contributed by atoms with Gasteiger partial charge in [-0.2, -0.15) is 4.98 Å². The van der Waals surface area contributed by atoms with Crippen LogP contribution in [0.25, 0.3) is 16.7 Å². The van der Waals surface area contributed by atoms with E-state index in [1.165, 1.54) is 13.3 Å². The Morgan fingerprint density at radius 3 is 2.16 bits per heavy atom. The van der Waals surface area contributed by atoms with Crippen molar-refractivity contribution < 1.29 is 23.8 Å². The van der Waals surface area contributed by atoms with Crippen LogP contribution in [0.15, 0.2) is 36.8 Å². The van der Waals surface area contributed by atoms with Crippen molar-refractivity contribution in [2.45, 2.75) is 52.7 Å². The highest BCUT2D eigenvalue weighted by Crippen LogP contribution is 2.24. The van der Waals surface area contributed by atoms with Crippen LogP contribution in [0.4, 0.5) is 15.5 Å². The van der Waals surface area contributed by atoms with Crippen LogP contribution in [-0.4, -0.2) is 50.0 Å². The number of pyridine rings is 1. The lowest BCUT2D eigenvalue weighted by molar-refractivity contribution is 0.0427. The predicted molar refractivity (Wildman–Crippen MR) is 118 cm³/mol. The van der Waals surface area contributed by atoms with Gasteiger partial charge >= 0.3 is 12.2 Å². The van der Waals surface area contributed by atoms with Gasteiger partial charge in [-0.1, -0.05) is 0 Å². The molecule has 0 saturated carbocycles. The Kier molecular flexibility index (Phi) is 6.07. The molecule has 0 N–H and O–H groups in total. The maximum Gasteiger partial charge on any atom is 0.427 e. The summed E-state index contributed by atoms with van der Waals surface area (Å²) in [5.41, 5.74) is -0.470. The summed E-state index contributed by atoms with van der Waals surface area (Å²) >= 11 is 0. The summed E-state index contributed by atoms with van der Waals surface area (Å²) in [5.74, 6) is 0.268. The molecule has 0 aromatic carbocycles. The molecule has 32 heavy (non-hydrogen) atoms. The fraction of sp³-hybridized carbons (Fsp3) is 0.409. The van der Waals surface area contributed by atoms with E-state index in [2.05, 4.69) is 15.0 Å². The molecule has 3 rings (SSSR count). The van der Waals surface area contributed by atoms with Crippen LogP contribution in [0.5, 0.6) is 5.88 Å². The number of hydrogen-bond donors (Lipinski definition) is 0. The van der Waals surface area contributed by atoms with Gasteiger partial charge in [0.1, 0.15) is 16.8 Å². The first-order chi connectivity index (χ1) is 14.9. The summed E-state index contributed by atoms with van der Waals surface area (Å²) in [6, 6.07) is 5.33. The van der Waals surface area contributed by atoms with Crippen molar-refractivity contribution in [1.29, 1.82) is 0 Å². The highest BCUT2D eigenvalue weighted by molar-refractivity contribution is 6.08. The molecule has 0 spiro atoms. The van der Waals surface area contributed by atoms with E-state index in [9.17, 15) is 9.59 Å². The molecule has 3 heterocycles. The van der Waals surface area contributed by atoms with Gasteiger partial charge in [0.05, 0.1) is 12.8 Å². The Bertz CT molecular complexity index is 1120. The quantitative estimate of drug-likeness (QED) is 0.584. The normalized spacial score (nSPS) is 11.8. The number of rotatable bonds is 3. The van der Waals surface area contributed by atoms with Gasteiger partial charge in [0.15, 0.2) is 0 Å². The van der Waals surface area contributed by atoms with Crippen LogP contribution in [0.3, 0.4) is 0 Å². The van der Waals surface area contributed by atoms with E-state index < -0.39 is 23.4 Å². The second kappa shape index (κ2) is 8.45. The number of methoxy groups -OCH3 is 1. The van der Waals surface area contributed by atoms with Gasteiger partial charge < -0.3 is 18.8 Å². The average Bonchev–Trinajstić information content (AvgIpc) is 3.08. The van der Waals surface area contributed by atoms with E-state index in [0.717, 1.165) is 5.69 Å². The van der Waals surface area contributed by atoms with Crippen molar-refractivity contribution in [3.8, 4) is 11.6 Å². The Balaban J connectivity index is 2.09. The molecule has 10 heteroatoms. The summed E-state index contributed by atoms with van der Waals surface area (Å²) in [6.45, 7) is 10.2. The van der Waals surface area contributed by atoms with Gasteiger partial charge in [-0.05, 0) is 53.7 Å². The van der Waals surface area contributed by atoms with E-state index in [1.807, 2.05) is 6.07 Å². The fourth-order valence-electron chi connectivity index (χ4n) is 2.74. The smallest absolute Gasteiger partial charge is 0.427 e. The number of hydrogen-bond acceptors (Lipinski definition) is 8. The number of carbonyl (C=O) groups is 2. The SMILES string of the molecule is COc1cc(-n2ccc3cnc(N(C(=O)OC(C)(C)C)C(=O)OC(C)(C)C)nc32)ccn1. The minimum Gasteiger partial charge on any atom is -0.481 e. The van der Waals surface area contributed by atoms with Crippen molar-refractivity contribution in [1.82, 2.24) is 19.5 Å². The topological polar surface area (TPSA) is 109 Å². The molecule has 10 nitrogen and oxygen atoms in total. The fourth-order valence-corrected chi connectivity index (χ4v) is 2.74. The number of fused-ring (bicyclic) bond motifs is 1. The lowest BCUT2D eigenvalue weighted by Crippen LogP contribution is -2.44. The summed E-state index contributed by atoms with van der Waals surface area (Å²) in [5, 5.41) is 0.706. The standard InChI is InChI=1S/C22H27N5O5/c1-21(2,3)31-19(28)27(20(29)32-22(4,5)6)18-24-13-14-9-11-26(17(14)25-18)15-8-10-23-16(12-15)30-7/h8-13H,1-7H3. The Morgan fingerprint density at radius 1 is 0.969 bits per heavy atom. The van der Waals surface area contributed by atoms with E-state index in [0.29, 0.717) is 21.8 Å². The zero-order chi connectivity index (χ0) is 23.7. The van der Waals surface area contributed by atoms with Crippen LogP contribution < -0.4 is 9.64 Å². The molecule has 0 saturated heterocycles. The number of amides is 2. The van der Waals surface area contributed by atoms with Crippen molar-refractivity contribution in [3.63, 3.8) is 0 Å². The van der Waals surface area contributed by atoms with Crippen LogP contribution >= 0.6 is 0 Å². The molecule has 0 aliphatic heterocycles. The molecule has 0 aliphatic carbocycles. The third-order valence-electron chi connectivity index (χ3n) is 3.97. The summed E-state index contributed by atoms with van der Waals surface area (Å²) in [7, 11) is 1.53. The van der Waals surface area contributed by atoms with Gasteiger partial charge in [-0.3, -0.25) is 0 Å². The van der Waals surface area contributed by atoms with Crippen molar-refractivity contribution >= 4 is 29.2 Å². The molecule has 0 aliphatic rings. The Hall–Kier alpha value is -3.69. The van der Waals surface area contributed by atoms with Crippen LogP contribution in [0.2, 0.25) is 0 Å². The van der Waals surface area contributed by atoms with Gasteiger partial charge in [0.2, 0.25) is 11.8 Å². The van der Waals surface area contributed by atoms with Gasteiger partial charge in [0, 0.05) is 30.0 Å². The minimum absolute atomic E-state index is 0.165. The molecular weight excluding hydrogens is 414 g/mol. The first kappa shape index (κ1) is 23.0. The van der Waals surface area contributed by atoms with Gasteiger partial charge in [-0.15, -0.1) is 4.90 Å². The number of imide groups is 1. The lowest BCUT2D eigenvalue weighted by Gasteiger charge is -2.27. The first-order valence-electron chi connectivity index (χ1n) is 9.98. The molecule has 3 aromatic rings. The number of anilines is 1. The largest absolute Gasteiger partial charge is 0.481 e. The number of ether oxygens (including phenoxy) is 3. The van der Waals surface area contributed by atoms with Crippen LogP contribution in [-0.2, 0) is 9.47 Å². The van der Waals surface area contributed by atoms with Gasteiger partial charge in [-0.25, -0.2) is 19.6 Å². The maximum atomic E-state index is 12.9. The lowest BCUT2D eigenvalue weighted by atomic mass is 10.2. The molecule has 0 fully saturated rings. The van der Waals surface area contributed by atoms with E-state index in [-0.39, 0.29) is 5.95 Å². The monoisotopic (exact) mass is 441 g/mol. The second-order valence-corrected chi connectivity index (χ2v) is 8.99. The number of carbonyl (C=O) groups excluding carboxylic acids is 2. The maximum absolute atomic E-state index is 12.9. The Labute approximate surface area is 186 Å². The predicted octanol–water partition coefficient (Wildman–Crippen LogP) is 4.50.